The number of rotatable bonds is 6. The molecule has 35 heavy (non-hydrogen) atoms. The minimum Gasteiger partial charge on any atom is -0.474 e. The van der Waals surface area contributed by atoms with Crippen LogP contribution in [0.2, 0.25) is 0 Å². The molecule has 186 valence electrons. The number of aryl methyl sites for hydroxylation is 1. The summed E-state index contributed by atoms with van der Waals surface area (Å²) in [6.45, 7) is 10.9. The molecule has 2 aromatic heterocycles. The zero-order chi connectivity index (χ0) is 24.8. The molecule has 0 amide bonds. The fraction of sp³-hybridized carbons (Fsp3) is 0.519. The molecule has 8 heteroatoms. The third-order valence-corrected chi connectivity index (χ3v) is 8.01. The molecule has 1 saturated carbocycles. The number of nitrogens with one attached hydrogen (secondary N) is 2. The molecule has 0 atom stereocenters. The number of hydrogen-bond donors (Lipinski definition) is 3. The molecule has 1 saturated heterocycles. The van der Waals surface area contributed by atoms with E-state index in [2.05, 4.69) is 78.4 Å². The first kappa shape index (κ1) is 24.2. The second-order valence-corrected chi connectivity index (χ2v) is 12.4. The standard InChI is InChI=1S/C27H35N5O2S/c1-17-11-18(21-16-29-23(35-21)27(33)8-6-9-27)13-19(12-17)30-24-28-10-7-22(31-24)34-20-14-25(2,3)32-26(4,5)15-20/h7,10-13,16,20,32-33H,6,8-9,14-15H2,1-5H3,(H,28,30,31). The Labute approximate surface area is 211 Å². The first-order valence-corrected chi connectivity index (χ1v) is 13.2. The number of ether oxygens (including phenoxy) is 1. The van der Waals surface area contributed by atoms with Crippen LogP contribution in [0, 0.1) is 6.92 Å². The molecule has 1 aromatic carbocycles. The topological polar surface area (TPSA) is 92.2 Å². The molecule has 0 radical (unpaired) electrons. The molecule has 3 heterocycles. The summed E-state index contributed by atoms with van der Waals surface area (Å²) in [6.07, 6.45) is 8.15. The van der Waals surface area contributed by atoms with Crippen LogP contribution in [-0.2, 0) is 5.60 Å². The van der Waals surface area contributed by atoms with Gasteiger partial charge in [0, 0.05) is 48.1 Å². The van der Waals surface area contributed by atoms with Gasteiger partial charge in [-0.2, -0.15) is 4.98 Å². The number of aliphatic hydroxyl groups is 1. The van der Waals surface area contributed by atoms with Crippen LogP contribution in [0.5, 0.6) is 5.88 Å². The van der Waals surface area contributed by atoms with Crippen LogP contribution in [0.25, 0.3) is 10.4 Å². The molecular weight excluding hydrogens is 458 g/mol. The molecule has 7 nitrogen and oxygen atoms in total. The van der Waals surface area contributed by atoms with E-state index in [4.69, 9.17) is 4.74 Å². The average Bonchev–Trinajstić information content (AvgIpc) is 3.20. The highest BCUT2D eigenvalue weighted by molar-refractivity contribution is 7.15. The lowest BCUT2D eigenvalue weighted by Gasteiger charge is -2.46. The third kappa shape index (κ3) is 5.50. The zero-order valence-electron chi connectivity index (χ0n) is 21.2. The minimum atomic E-state index is -0.735. The monoisotopic (exact) mass is 493 g/mol. The van der Waals surface area contributed by atoms with Gasteiger partial charge < -0.3 is 20.5 Å². The lowest BCUT2D eigenvalue weighted by Crippen LogP contribution is -2.60. The van der Waals surface area contributed by atoms with E-state index < -0.39 is 5.60 Å². The van der Waals surface area contributed by atoms with E-state index in [1.807, 2.05) is 12.3 Å². The van der Waals surface area contributed by atoms with Crippen LogP contribution >= 0.6 is 11.3 Å². The summed E-state index contributed by atoms with van der Waals surface area (Å²) in [5, 5.41) is 18.5. The van der Waals surface area contributed by atoms with Gasteiger partial charge in [-0.15, -0.1) is 11.3 Å². The van der Waals surface area contributed by atoms with E-state index in [0.717, 1.165) is 58.8 Å². The predicted octanol–water partition coefficient (Wildman–Crippen LogP) is 5.71. The van der Waals surface area contributed by atoms with Gasteiger partial charge in [0.1, 0.15) is 16.7 Å². The molecule has 2 aliphatic rings. The van der Waals surface area contributed by atoms with E-state index in [9.17, 15) is 5.11 Å². The zero-order valence-corrected chi connectivity index (χ0v) is 22.0. The van der Waals surface area contributed by atoms with Crippen molar-refractivity contribution in [3.05, 3.63) is 47.2 Å². The maximum atomic E-state index is 10.7. The largest absolute Gasteiger partial charge is 0.474 e. The van der Waals surface area contributed by atoms with Gasteiger partial charge in [-0.1, -0.05) is 6.07 Å². The van der Waals surface area contributed by atoms with Gasteiger partial charge in [0.15, 0.2) is 0 Å². The first-order chi connectivity index (χ1) is 16.5. The smallest absolute Gasteiger partial charge is 0.230 e. The first-order valence-electron chi connectivity index (χ1n) is 12.4. The lowest BCUT2D eigenvalue weighted by atomic mass is 9.81. The van der Waals surface area contributed by atoms with Crippen LogP contribution in [-0.4, -0.2) is 37.2 Å². The Balaban J connectivity index is 1.32. The van der Waals surface area contributed by atoms with Gasteiger partial charge in [0.05, 0.1) is 4.88 Å². The van der Waals surface area contributed by atoms with Gasteiger partial charge >= 0.3 is 0 Å². The van der Waals surface area contributed by atoms with Crippen molar-refractivity contribution in [2.75, 3.05) is 5.32 Å². The van der Waals surface area contributed by atoms with Crippen LogP contribution in [0.1, 0.15) is 70.4 Å². The van der Waals surface area contributed by atoms with Crippen molar-refractivity contribution >= 4 is 23.0 Å². The fourth-order valence-electron chi connectivity index (χ4n) is 5.43. The number of aromatic nitrogens is 3. The van der Waals surface area contributed by atoms with E-state index in [1.165, 1.54) is 0 Å². The summed E-state index contributed by atoms with van der Waals surface area (Å²) in [6, 6.07) is 8.09. The van der Waals surface area contributed by atoms with Crippen molar-refractivity contribution in [3.8, 4) is 16.3 Å². The number of thiazole rings is 1. The van der Waals surface area contributed by atoms with Crippen molar-refractivity contribution in [1.82, 2.24) is 20.3 Å². The van der Waals surface area contributed by atoms with Crippen LogP contribution in [0.3, 0.4) is 0 Å². The molecule has 0 unspecified atom stereocenters. The highest BCUT2D eigenvalue weighted by atomic mass is 32.1. The van der Waals surface area contributed by atoms with Crippen LogP contribution in [0.4, 0.5) is 11.6 Å². The Kier molecular flexibility index (Phi) is 6.10. The maximum Gasteiger partial charge on any atom is 0.230 e. The van der Waals surface area contributed by atoms with Crippen molar-refractivity contribution in [1.29, 1.82) is 0 Å². The second kappa shape index (κ2) is 8.84. The third-order valence-electron chi connectivity index (χ3n) is 6.77. The number of benzene rings is 1. The Morgan fingerprint density at radius 3 is 2.51 bits per heavy atom. The second-order valence-electron chi connectivity index (χ2n) is 11.4. The fourth-order valence-corrected chi connectivity index (χ4v) is 6.47. The predicted molar refractivity (Wildman–Crippen MR) is 140 cm³/mol. The normalized spacial score (nSPS) is 20.7. The van der Waals surface area contributed by atoms with Gasteiger partial charge in [-0.25, -0.2) is 9.97 Å². The van der Waals surface area contributed by atoms with E-state index in [0.29, 0.717) is 11.8 Å². The number of nitrogens with zero attached hydrogens (tertiary/aromatic N) is 3. The average molecular weight is 494 g/mol. The van der Waals surface area contributed by atoms with Gasteiger partial charge in [-0.05, 0) is 77.1 Å². The van der Waals surface area contributed by atoms with Gasteiger partial charge in [0.2, 0.25) is 11.8 Å². The molecule has 3 N–H and O–H groups in total. The van der Waals surface area contributed by atoms with Gasteiger partial charge in [-0.3, -0.25) is 0 Å². The molecular formula is C27H35N5O2S. The van der Waals surface area contributed by atoms with Crippen LogP contribution in [0.15, 0.2) is 36.7 Å². The number of piperidine rings is 1. The molecule has 1 aliphatic heterocycles. The van der Waals surface area contributed by atoms with E-state index >= 15 is 0 Å². The molecule has 0 bridgehead atoms. The molecule has 2 fully saturated rings. The molecule has 5 rings (SSSR count). The Hall–Kier alpha value is -2.55. The van der Waals surface area contributed by atoms with E-state index in [-0.39, 0.29) is 17.2 Å². The van der Waals surface area contributed by atoms with Crippen molar-refractivity contribution in [2.24, 2.45) is 0 Å². The quantitative estimate of drug-likeness (QED) is 0.405. The van der Waals surface area contributed by atoms with Crippen LogP contribution < -0.4 is 15.4 Å². The Bertz CT molecular complexity index is 1200. The van der Waals surface area contributed by atoms with Gasteiger partial charge in [0.25, 0.3) is 0 Å². The minimum absolute atomic E-state index is 0.00329. The SMILES string of the molecule is Cc1cc(Nc2nccc(OC3CC(C)(C)NC(C)(C)C3)n2)cc(-c2cnc(C3(O)CCC3)s2)c1. The van der Waals surface area contributed by atoms with Crippen molar-refractivity contribution in [3.63, 3.8) is 0 Å². The summed E-state index contributed by atoms with van der Waals surface area (Å²) < 4.78 is 6.31. The van der Waals surface area contributed by atoms with E-state index in [1.54, 1.807) is 17.5 Å². The molecule has 0 spiro atoms. The summed E-state index contributed by atoms with van der Waals surface area (Å²) >= 11 is 1.57. The summed E-state index contributed by atoms with van der Waals surface area (Å²) in [7, 11) is 0. The van der Waals surface area contributed by atoms with Crippen molar-refractivity contribution in [2.45, 2.75) is 89.5 Å². The van der Waals surface area contributed by atoms with Crippen molar-refractivity contribution < 1.29 is 9.84 Å². The summed E-state index contributed by atoms with van der Waals surface area (Å²) in [4.78, 5) is 14.6. The Morgan fingerprint density at radius 2 is 1.83 bits per heavy atom. The summed E-state index contributed by atoms with van der Waals surface area (Å²) in [5.74, 6) is 1.08. The highest BCUT2D eigenvalue weighted by Crippen LogP contribution is 2.44. The molecule has 3 aromatic rings. The molecule has 1 aliphatic carbocycles. The number of anilines is 2. The maximum absolute atomic E-state index is 10.7. The summed E-state index contributed by atoms with van der Waals surface area (Å²) in [5.41, 5.74) is 2.35. The highest BCUT2D eigenvalue weighted by Gasteiger charge is 2.40. The Morgan fingerprint density at radius 1 is 1.09 bits per heavy atom. The number of hydrogen-bond acceptors (Lipinski definition) is 8. The lowest BCUT2D eigenvalue weighted by molar-refractivity contribution is -0.0389.